The van der Waals surface area contributed by atoms with Crippen LogP contribution >= 0.6 is 0 Å². The molecule has 0 aliphatic rings. The summed E-state index contributed by atoms with van der Waals surface area (Å²) in [6, 6.07) is 8.54. The Morgan fingerprint density at radius 1 is 1.14 bits per heavy atom. The van der Waals surface area contributed by atoms with Crippen LogP contribution in [0.3, 0.4) is 0 Å². The molecule has 0 fully saturated rings. The number of aryl methyl sites for hydroxylation is 1. The van der Waals surface area contributed by atoms with E-state index < -0.39 is 17.4 Å². The van der Waals surface area contributed by atoms with Gasteiger partial charge in [-0.15, -0.1) is 0 Å². The molecule has 0 saturated heterocycles. The molecule has 0 aliphatic carbocycles. The van der Waals surface area contributed by atoms with Crippen LogP contribution < -0.4 is 5.56 Å². The van der Waals surface area contributed by atoms with Crippen LogP contribution in [0.25, 0.3) is 16.7 Å². The molecule has 0 unspecified atom stereocenters. The van der Waals surface area contributed by atoms with E-state index in [9.17, 15) is 18.0 Å². The number of nitrogens with zero attached hydrogens (tertiary/aromatic N) is 3. The van der Waals surface area contributed by atoms with E-state index in [0.29, 0.717) is 10.9 Å². The molecule has 0 bridgehead atoms. The van der Waals surface area contributed by atoms with Crippen LogP contribution in [0.5, 0.6) is 0 Å². The zero-order valence-corrected chi connectivity index (χ0v) is 11.4. The fourth-order valence-electron chi connectivity index (χ4n) is 2.11. The summed E-state index contributed by atoms with van der Waals surface area (Å²) in [4.78, 5) is 20.0. The van der Waals surface area contributed by atoms with Gasteiger partial charge < -0.3 is 0 Å². The van der Waals surface area contributed by atoms with Crippen molar-refractivity contribution in [1.82, 2.24) is 14.5 Å². The Morgan fingerprint density at radius 2 is 1.91 bits per heavy atom. The van der Waals surface area contributed by atoms with Gasteiger partial charge in [-0.1, -0.05) is 17.7 Å². The average molecular weight is 305 g/mol. The first kappa shape index (κ1) is 14.2. The highest BCUT2D eigenvalue weighted by Crippen LogP contribution is 2.27. The summed E-state index contributed by atoms with van der Waals surface area (Å²) in [6.07, 6.45) is -3.39. The van der Waals surface area contributed by atoms with Crippen molar-refractivity contribution in [2.45, 2.75) is 13.1 Å². The van der Waals surface area contributed by atoms with Crippen molar-refractivity contribution >= 4 is 10.9 Å². The summed E-state index contributed by atoms with van der Waals surface area (Å²) in [5.41, 5.74) is -0.165. The predicted molar refractivity (Wildman–Crippen MR) is 74.9 cm³/mol. The number of fused-ring (bicyclic) bond motifs is 1. The quantitative estimate of drug-likeness (QED) is 0.694. The van der Waals surface area contributed by atoms with Crippen molar-refractivity contribution in [3.63, 3.8) is 0 Å². The van der Waals surface area contributed by atoms with E-state index in [1.54, 1.807) is 12.1 Å². The largest absolute Gasteiger partial charge is 0.433 e. The van der Waals surface area contributed by atoms with E-state index in [-0.39, 0.29) is 5.82 Å². The molecule has 1 aromatic carbocycles. The van der Waals surface area contributed by atoms with Crippen LogP contribution in [-0.2, 0) is 6.18 Å². The molecule has 0 spiro atoms. The molecule has 3 rings (SSSR count). The number of aromatic nitrogens is 3. The van der Waals surface area contributed by atoms with E-state index in [4.69, 9.17) is 0 Å². The molecule has 0 saturated carbocycles. The summed E-state index contributed by atoms with van der Waals surface area (Å²) in [7, 11) is 0. The fraction of sp³-hybridized carbons (Fsp3) is 0.133. The Balaban J connectivity index is 2.23. The maximum Gasteiger partial charge on any atom is 0.433 e. The van der Waals surface area contributed by atoms with Gasteiger partial charge in [-0.05, 0) is 31.2 Å². The van der Waals surface area contributed by atoms with Crippen LogP contribution in [0.4, 0.5) is 13.2 Å². The Morgan fingerprint density at radius 3 is 2.64 bits per heavy atom. The molecule has 22 heavy (non-hydrogen) atoms. The molecule has 7 heteroatoms. The minimum atomic E-state index is -4.57. The third-order valence-electron chi connectivity index (χ3n) is 3.19. The lowest BCUT2D eigenvalue weighted by Crippen LogP contribution is -2.21. The highest BCUT2D eigenvalue weighted by molar-refractivity contribution is 5.78. The van der Waals surface area contributed by atoms with Gasteiger partial charge in [0.15, 0.2) is 0 Å². The predicted octanol–water partition coefficient (Wildman–Crippen LogP) is 3.11. The zero-order valence-electron chi connectivity index (χ0n) is 11.4. The van der Waals surface area contributed by atoms with Crippen molar-refractivity contribution in [2.24, 2.45) is 0 Å². The number of rotatable bonds is 1. The number of hydrogen-bond donors (Lipinski definition) is 0. The molecular formula is C15H10F3N3O. The zero-order chi connectivity index (χ0) is 15.9. The Bertz CT molecular complexity index is 916. The van der Waals surface area contributed by atoms with Gasteiger partial charge in [0, 0.05) is 0 Å². The monoisotopic (exact) mass is 305 g/mol. The lowest BCUT2D eigenvalue weighted by atomic mass is 10.2. The second kappa shape index (κ2) is 4.94. The van der Waals surface area contributed by atoms with Crippen LogP contribution in [0.2, 0.25) is 0 Å². The minimum Gasteiger partial charge on any atom is -0.268 e. The Kier molecular flexibility index (Phi) is 3.20. The van der Waals surface area contributed by atoms with E-state index in [0.717, 1.165) is 16.2 Å². The van der Waals surface area contributed by atoms with Crippen molar-refractivity contribution in [3.05, 3.63) is 64.3 Å². The lowest BCUT2D eigenvalue weighted by Gasteiger charge is -2.09. The second-order valence-electron chi connectivity index (χ2n) is 4.82. The molecule has 0 amide bonds. The average Bonchev–Trinajstić information content (AvgIpc) is 2.47. The molecule has 4 nitrogen and oxygen atoms in total. The fourth-order valence-corrected chi connectivity index (χ4v) is 2.11. The van der Waals surface area contributed by atoms with Crippen molar-refractivity contribution < 1.29 is 13.2 Å². The van der Waals surface area contributed by atoms with Gasteiger partial charge in [-0.25, -0.2) is 9.97 Å². The van der Waals surface area contributed by atoms with E-state index in [1.165, 1.54) is 18.5 Å². The molecular weight excluding hydrogens is 295 g/mol. The maximum atomic E-state index is 12.7. The van der Waals surface area contributed by atoms with Gasteiger partial charge in [0.05, 0.1) is 10.9 Å². The summed E-state index contributed by atoms with van der Waals surface area (Å²) in [6.45, 7) is 1.82. The topological polar surface area (TPSA) is 47.8 Å². The molecule has 2 aromatic heterocycles. The SMILES string of the molecule is Cc1ccc2ncn(-c3cccc(C(F)(F)F)n3)c(=O)c2c1. The van der Waals surface area contributed by atoms with Crippen LogP contribution in [-0.4, -0.2) is 14.5 Å². The van der Waals surface area contributed by atoms with Gasteiger partial charge in [-0.3, -0.25) is 9.36 Å². The summed E-state index contributed by atoms with van der Waals surface area (Å²) in [5.74, 6) is -0.115. The van der Waals surface area contributed by atoms with Crippen LogP contribution in [0, 0.1) is 6.92 Å². The van der Waals surface area contributed by atoms with E-state index in [2.05, 4.69) is 9.97 Å². The van der Waals surface area contributed by atoms with Gasteiger partial charge in [0.25, 0.3) is 5.56 Å². The van der Waals surface area contributed by atoms with Crippen LogP contribution in [0.15, 0.2) is 47.5 Å². The molecule has 112 valence electrons. The first-order valence-corrected chi connectivity index (χ1v) is 6.39. The summed E-state index contributed by atoms with van der Waals surface area (Å²) in [5, 5.41) is 0.335. The number of halogens is 3. The number of alkyl halides is 3. The lowest BCUT2D eigenvalue weighted by molar-refractivity contribution is -0.141. The minimum absolute atomic E-state index is 0.115. The van der Waals surface area contributed by atoms with Gasteiger partial charge in [-0.2, -0.15) is 13.2 Å². The summed E-state index contributed by atoms with van der Waals surface area (Å²) < 4.78 is 39.2. The van der Waals surface area contributed by atoms with Gasteiger partial charge in [0.1, 0.15) is 17.8 Å². The Labute approximate surface area is 122 Å². The standard InChI is InChI=1S/C15H10F3N3O/c1-9-5-6-11-10(7-9)14(22)21(8-19-11)13-4-2-3-12(20-13)15(16,17)18/h2-8H,1H3. The number of benzene rings is 1. The second-order valence-corrected chi connectivity index (χ2v) is 4.82. The molecule has 0 N–H and O–H groups in total. The van der Waals surface area contributed by atoms with Crippen LogP contribution in [0.1, 0.15) is 11.3 Å². The first-order chi connectivity index (χ1) is 10.4. The number of pyridine rings is 1. The molecule has 2 heterocycles. The summed E-state index contributed by atoms with van der Waals surface area (Å²) >= 11 is 0. The van der Waals surface area contributed by atoms with Crippen molar-refractivity contribution in [2.75, 3.05) is 0 Å². The molecule has 0 aliphatic heterocycles. The first-order valence-electron chi connectivity index (χ1n) is 6.39. The van der Waals surface area contributed by atoms with E-state index in [1.807, 2.05) is 13.0 Å². The van der Waals surface area contributed by atoms with Gasteiger partial charge >= 0.3 is 6.18 Å². The maximum absolute atomic E-state index is 12.7. The normalized spacial score (nSPS) is 11.8. The molecule has 0 atom stereocenters. The Hall–Kier alpha value is -2.70. The third-order valence-corrected chi connectivity index (χ3v) is 3.19. The van der Waals surface area contributed by atoms with Crippen molar-refractivity contribution in [1.29, 1.82) is 0 Å². The smallest absolute Gasteiger partial charge is 0.268 e. The highest BCUT2D eigenvalue weighted by Gasteiger charge is 2.32. The van der Waals surface area contributed by atoms with Crippen molar-refractivity contribution in [3.8, 4) is 5.82 Å². The highest BCUT2D eigenvalue weighted by atomic mass is 19.4. The van der Waals surface area contributed by atoms with E-state index >= 15 is 0 Å². The number of hydrogen-bond acceptors (Lipinski definition) is 3. The van der Waals surface area contributed by atoms with Gasteiger partial charge in [0.2, 0.25) is 0 Å². The third kappa shape index (κ3) is 2.45. The molecule has 3 aromatic rings. The molecule has 0 radical (unpaired) electrons.